The quantitative estimate of drug-likeness (QED) is 0.452. The van der Waals surface area contributed by atoms with E-state index in [-0.39, 0.29) is 29.8 Å². The SMILES string of the molecule is COCCNC(=O)Cn1nc2c(-c3nc(-c4cccc(F)c4)no3)cccn2c1=O. The number of fused-ring (bicyclic) bond motifs is 1. The molecule has 0 atom stereocenters. The average Bonchev–Trinajstić information content (AvgIpc) is 3.34. The standard InChI is InChI=1S/C19H17FN6O4/c1-29-9-7-21-15(27)11-26-19(28)25-8-3-6-14(17(25)23-26)18-22-16(24-30-18)12-4-2-5-13(20)10-12/h2-6,8,10H,7,9,11H2,1H3,(H,21,27). The summed E-state index contributed by atoms with van der Waals surface area (Å²) < 4.78 is 26.0. The summed E-state index contributed by atoms with van der Waals surface area (Å²) in [6.07, 6.45) is 1.53. The molecule has 1 amide bonds. The van der Waals surface area contributed by atoms with Crippen molar-refractivity contribution in [1.82, 2.24) is 29.6 Å². The number of benzene rings is 1. The van der Waals surface area contributed by atoms with Crippen molar-refractivity contribution < 1.29 is 18.4 Å². The number of halogens is 1. The second-order valence-corrected chi connectivity index (χ2v) is 6.33. The second kappa shape index (κ2) is 8.25. The molecule has 10 nitrogen and oxygen atoms in total. The number of rotatable bonds is 7. The molecule has 3 aromatic heterocycles. The van der Waals surface area contributed by atoms with Crippen LogP contribution in [-0.4, -0.2) is 50.5 Å². The minimum atomic E-state index is -0.487. The highest BCUT2D eigenvalue weighted by molar-refractivity contribution is 5.76. The summed E-state index contributed by atoms with van der Waals surface area (Å²) in [4.78, 5) is 28.9. The molecule has 0 radical (unpaired) electrons. The minimum absolute atomic E-state index is 0.113. The van der Waals surface area contributed by atoms with Crippen molar-refractivity contribution >= 4 is 11.6 Å². The summed E-state index contributed by atoms with van der Waals surface area (Å²) in [5, 5.41) is 10.8. The molecule has 30 heavy (non-hydrogen) atoms. The number of carbonyl (C=O) groups excluding carboxylic acids is 1. The fourth-order valence-electron chi connectivity index (χ4n) is 2.87. The lowest BCUT2D eigenvalue weighted by molar-refractivity contribution is -0.122. The summed E-state index contributed by atoms with van der Waals surface area (Å²) in [5.74, 6) is -0.479. The molecule has 0 aliphatic rings. The van der Waals surface area contributed by atoms with E-state index in [0.717, 1.165) is 4.68 Å². The predicted molar refractivity (Wildman–Crippen MR) is 103 cm³/mol. The molecule has 4 aromatic rings. The van der Waals surface area contributed by atoms with E-state index in [2.05, 4.69) is 20.6 Å². The largest absolute Gasteiger partial charge is 0.383 e. The third-order valence-corrected chi connectivity index (χ3v) is 4.27. The van der Waals surface area contributed by atoms with Crippen molar-refractivity contribution in [3.05, 3.63) is 58.9 Å². The van der Waals surface area contributed by atoms with Crippen molar-refractivity contribution in [3.63, 3.8) is 0 Å². The number of amides is 1. The zero-order valence-corrected chi connectivity index (χ0v) is 15.9. The topological polar surface area (TPSA) is 117 Å². The van der Waals surface area contributed by atoms with Crippen LogP contribution in [0.25, 0.3) is 28.5 Å². The van der Waals surface area contributed by atoms with Gasteiger partial charge in [-0.15, -0.1) is 5.10 Å². The van der Waals surface area contributed by atoms with Crippen molar-refractivity contribution in [2.75, 3.05) is 20.3 Å². The molecule has 0 aliphatic carbocycles. The Kier molecular flexibility index (Phi) is 5.35. The third kappa shape index (κ3) is 3.82. The van der Waals surface area contributed by atoms with Crippen LogP contribution in [0.15, 0.2) is 51.9 Å². The van der Waals surface area contributed by atoms with Gasteiger partial charge in [-0.05, 0) is 24.3 Å². The van der Waals surface area contributed by atoms with Crippen LogP contribution in [0, 0.1) is 5.82 Å². The zero-order valence-electron chi connectivity index (χ0n) is 15.9. The van der Waals surface area contributed by atoms with Gasteiger partial charge in [0.15, 0.2) is 5.65 Å². The van der Waals surface area contributed by atoms with E-state index in [1.165, 1.54) is 29.8 Å². The molecule has 0 saturated heterocycles. The molecule has 1 N–H and O–H groups in total. The number of hydrogen-bond acceptors (Lipinski definition) is 7. The molecule has 3 heterocycles. The Labute approximate surface area is 168 Å². The van der Waals surface area contributed by atoms with Crippen molar-refractivity contribution in [2.45, 2.75) is 6.54 Å². The van der Waals surface area contributed by atoms with Gasteiger partial charge in [0.25, 0.3) is 5.89 Å². The van der Waals surface area contributed by atoms with Gasteiger partial charge in [0, 0.05) is 25.4 Å². The maximum absolute atomic E-state index is 13.5. The molecular formula is C19H17FN6O4. The lowest BCUT2D eigenvalue weighted by Gasteiger charge is -2.03. The van der Waals surface area contributed by atoms with E-state index in [0.29, 0.717) is 24.3 Å². The smallest absolute Gasteiger partial charge is 0.350 e. The summed E-state index contributed by atoms with van der Waals surface area (Å²) in [6.45, 7) is 0.441. The Morgan fingerprint density at radius 1 is 1.30 bits per heavy atom. The highest BCUT2D eigenvalue weighted by atomic mass is 19.1. The van der Waals surface area contributed by atoms with E-state index in [9.17, 15) is 14.0 Å². The Balaban J connectivity index is 1.66. The van der Waals surface area contributed by atoms with Gasteiger partial charge in [-0.25, -0.2) is 18.3 Å². The van der Waals surface area contributed by atoms with E-state index in [1.807, 2.05) is 0 Å². The minimum Gasteiger partial charge on any atom is -0.383 e. The van der Waals surface area contributed by atoms with Gasteiger partial charge in [0.2, 0.25) is 11.7 Å². The summed E-state index contributed by atoms with van der Waals surface area (Å²) in [6, 6.07) is 9.08. The maximum atomic E-state index is 13.5. The molecule has 0 aliphatic heterocycles. The number of hydrogen-bond donors (Lipinski definition) is 1. The molecule has 0 spiro atoms. The third-order valence-electron chi connectivity index (χ3n) is 4.27. The molecule has 154 valence electrons. The van der Waals surface area contributed by atoms with Crippen LogP contribution in [0.2, 0.25) is 0 Å². The van der Waals surface area contributed by atoms with E-state index >= 15 is 0 Å². The van der Waals surface area contributed by atoms with Gasteiger partial charge in [-0.1, -0.05) is 17.3 Å². The molecule has 11 heteroatoms. The van der Waals surface area contributed by atoms with Crippen molar-refractivity contribution in [1.29, 1.82) is 0 Å². The van der Waals surface area contributed by atoms with Gasteiger partial charge in [0.1, 0.15) is 12.4 Å². The Morgan fingerprint density at radius 3 is 2.97 bits per heavy atom. The molecule has 0 unspecified atom stereocenters. The average molecular weight is 412 g/mol. The van der Waals surface area contributed by atoms with Crippen LogP contribution in [-0.2, 0) is 16.1 Å². The first-order chi connectivity index (χ1) is 14.6. The molecular weight excluding hydrogens is 395 g/mol. The zero-order chi connectivity index (χ0) is 21.1. The number of ether oxygens (including phenoxy) is 1. The predicted octanol–water partition coefficient (Wildman–Crippen LogP) is 1.11. The summed E-state index contributed by atoms with van der Waals surface area (Å²) >= 11 is 0. The van der Waals surface area contributed by atoms with Crippen LogP contribution < -0.4 is 11.0 Å². The lowest BCUT2D eigenvalue weighted by Crippen LogP contribution is -2.34. The monoisotopic (exact) mass is 412 g/mol. The highest BCUT2D eigenvalue weighted by Gasteiger charge is 2.18. The highest BCUT2D eigenvalue weighted by Crippen LogP contribution is 2.24. The summed E-state index contributed by atoms with van der Waals surface area (Å²) in [5.41, 5.74) is 0.621. The van der Waals surface area contributed by atoms with E-state index < -0.39 is 11.5 Å². The molecule has 4 rings (SSSR count). The molecule has 0 fully saturated rings. The van der Waals surface area contributed by atoms with Crippen LogP contribution in [0.3, 0.4) is 0 Å². The fourth-order valence-corrected chi connectivity index (χ4v) is 2.87. The molecule has 1 aromatic carbocycles. The van der Waals surface area contributed by atoms with E-state index in [4.69, 9.17) is 9.26 Å². The number of carbonyl (C=O) groups is 1. The first-order valence-corrected chi connectivity index (χ1v) is 9.00. The van der Waals surface area contributed by atoms with Crippen molar-refractivity contribution in [3.8, 4) is 22.8 Å². The van der Waals surface area contributed by atoms with Gasteiger partial charge >= 0.3 is 5.69 Å². The lowest BCUT2D eigenvalue weighted by atomic mass is 10.2. The van der Waals surface area contributed by atoms with Gasteiger partial charge in [-0.3, -0.25) is 4.79 Å². The van der Waals surface area contributed by atoms with Crippen LogP contribution in [0.4, 0.5) is 4.39 Å². The number of nitrogens with zero attached hydrogens (tertiary/aromatic N) is 5. The van der Waals surface area contributed by atoms with Crippen LogP contribution in [0.1, 0.15) is 0 Å². The molecule has 0 saturated carbocycles. The molecule has 0 bridgehead atoms. The van der Waals surface area contributed by atoms with E-state index in [1.54, 1.807) is 24.3 Å². The first kappa shape index (κ1) is 19.5. The Bertz CT molecular complexity index is 1260. The maximum Gasteiger partial charge on any atom is 0.350 e. The van der Waals surface area contributed by atoms with Crippen LogP contribution >= 0.6 is 0 Å². The van der Waals surface area contributed by atoms with Crippen LogP contribution in [0.5, 0.6) is 0 Å². The van der Waals surface area contributed by atoms with Gasteiger partial charge < -0.3 is 14.6 Å². The number of aromatic nitrogens is 5. The number of methoxy groups -OCH3 is 1. The van der Waals surface area contributed by atoms with Crippen molar-refractivity contribution in [2.24, 2.45) is 0 Å². The van der Waals surface area contributed by atoms with Gasteiger partial charge in [0.05, 0.1) is 12.2 Å². The Morgan fingerprint density at radius 2 is 2.17 bits per heavy atom. The first-order valence-electron chi connectivity index (χ1n) is 9.00. The number of nitrogens with one attached hydrogen (secondary N) is 1. The second-order valence-electron chi connectivity index (χ2n) is 6.33. The fraction of sp³-hybridized carbons (Fsp3) is 0.211. The Hall–Kier alpha value is -3.86. The number of pyridine rings is 1. The van der Waals surface area contributed by atoms with Gasteiger partial charge in [-0.2, -0.15) is 4.98 Å². The summed E-state index contributed by atoms with van der Waals surface area (Å²) in [7, 11) is 1.53. The normalized spacial score (nSPS) is 11.1.